The second kappa shape index (κ2) is 11.8. The lowest BCUT2D eigenvalue weighted by molar-refractivity contribution is 0.281. The van der Waals surface area contributed by atoms with Gasteiger partial charge in [-0.05, 0) is 58.0 Å². The Bertz CT molecular complexity index is 521. The molecule has 0 spiro atoms. The number of nitrogens with one attached hydrogen (secondary N) is 2. The van der Waals surface area contributed by atoms with E-state index in [9.17, 15) is 0 Å². The lowest BCUT2D eigenvalue weighted by Crippen LogP contribution is -2.44. The van der Waals surface area contributed by atoms with E-state index in [-0.39, 0.29) is 0 Å². The highest BCUT2D eigenvalue weighted by atomic mass is 16.5. The summed E-state index contributed by atoms with van der Waals surface area (Å²) in [5, 5.41) is 6.96. The predicted molar refractivity (Wildman–Crippen MR) is 110 cm³/mol. The Morgan fingerprint density at radius 3 is 2.54 bits per heavy atom. The van der Waals surface area contributed by atoms with Crippen LogP contribution in [0.2, 0.25) is 0 Å². The van der Waals surface area contributed by atoms with E-state index < -0.39 is 0 Å². The van der Waals surface area contributed by atoms with E-state index in [4.69, 9.17) is 9.73 Å². The fourth-order valence-corrected chi connectivity index (χ4v) is 3.19. The summed E-state index contributed by atoms with van der Waals surface area (Å²) in [6, 6.07) is 8.87. The number of guanidine groups is 1. The molecule has 0 radical (unpaired) electrons. The molecule has 1 fully saturated rings. The summed E-state index contributed by atoms with van der Waals surface area (Å²) >= 11 is 0. The smallest absolute Gasteiger partial charge is 0.191 e. The van der Waals surface area contributed by atoms with Gasteiger partial charge in [-0.2, -0.15) is 0 Å². The van der Waals surface area contributed by atoms with Gasteiger partial charge in [0.05, 0.1) is 13.2 Å². The zero-order valence-corrected chi connectivity index (χ0v) is 16.8. The van der Waals surface area contributed by atoms with Crippen molar-refractivity contribution >= 4 is 5.96 Å². The first-order valence-corrected chi connectivity index (χ1v) is 10.1. The molecular formula is C21H36N4O. The van der Waals surface area contributed by atoms with Gasteiger partial charge in [0.25, 0.3) is 0 Å². The molecule has 0 heterocycles. The molecular weight excluding hydrogens is 324 g/mol. The van der Waals surface area contributed by atoms with Gasteiger partial charge in [-0.3, -0.25) is 0 Å². The second-order valence-electron chi connectivity index (χ2n) is 7.32. The highest BCUT2D eigenvalue weighted by Crippen LogP contribution is 2.17. The van der Waals surface area contributed by atoms with Gasteiger partial charge >= 0.3 is 0 Å². The number of hydrogen-bond donors (Lipinski definition) is 2. The normalized spacial score (nSPS) is 15.9. The van der Waals surface area contributed by atoms with Crippen molar-refractivity contribution in [2.24, 2.45) is 4.99 Å². The summed E-state index contributed by atoms with van der Waals surface area (Å²) in [5.74, 6) is 1.87. The molecule has 146 valence electrons. The zero-order valence-electron chi connectivity index (χ0n) is 16.8. The Morgan fingerprint density at radius 2 is 1.88 bits per heavy atom. The largest absolute Gasteiger partial charge is 0.494 e. The van der Waals surface area contributed by atoms with E-state index in [0.717, 1.165) is 37.8 Å². The Kier molecular flexibility index (Phi) is 9.32. The molecule has 1 aliphatic carbocycles. The number of aliphatic imine (C=N–C) groups is 1. The zero-order chi connectivity index (χ0) is 18.6. The van der Waals surface area contributed by atoms with Crippen LogP contribution in [0.4, 0.5) is 0 Å². The molecule has 5 heteroatoms. The van der Waals surface area contributed by atoms with Crippen molar-refractivity contribution in [2.45, 2.75) is 58.0 Å². The molecule has 1 aromatic rings. The Labute approximate surface area is 159 Å². The van der Waals surface area contributed by atoms with Crippen molar-refractivity contribution < 1.29 is 4.74 Å². The number of hydrogen-bond acceptors (Lipinski definition) is 3. The number of nitrogens with zero attached hydrogens (tertiary/aromatic N) is 2. The standard InChI is InChI=1S/C21H36N4O/c1-4-22-21(24-19-9-6-5-7-10-19)23-17-18-11-13-20(14-12-18)26-16-8-15-25(2)3/h11-14,19H,4-10,15-17H2,1-3H3,(H2,22,23,24). The van der Waals surface area contributed by atoms with Crippen LogP contribution in [0, 0.1) is 0 Å². The minimum absolute atomic E-state index is 0.569. The molecule has 0 unspecified atom stereocenters. The molecule has 0 aromatic heterocycles. The van der Waals surface area contributed by atoms with Gasteiger partial charge in [-0.1, -0.05) is 31.4 Å². The first-order chi connectivity index (χ1) is 12.7. The van der Waals surface area contributed by atoms with Crippen LogP contribution < -0.4 is 15.4 Å². The minimum Gasteiger partial charge on any atom is -0.494 e. The highest BCUT2D eigenvalue weighted by Gasteiger charge is 2.14. The van der Waals surface area contributed by atoms with E-state index in [0.29, 0.717) is 12.6 Å². The molecule has 1 aromatic carbocycles. The highest BCUT2D eigenvalue weighted by molar-refractivity contribution is 5.80. The van der Waals surface area contributed by atoms with Crippen LogP contribution in [-0.4, -0.2) is 50.7 Å². The van der Waals surface area contributed by atoms with Crippen molar-refractivity contribution in [2.75, 3.05) is 33.8 Å². The fraction of sp³-hybridized carbons (Fsp3) is 0.667. The average Bonchev–Trinajstić information content (AvgIpc) is 2.65. The molecule has 0 bridgehead atoms. The minimum atomic E-state index is 0.569. The Hall–Kier alpha value is -1.75. The summed E-state index contributed by atoms with van der Waals surface area (Å²) in [7, 11) is 4.17. The van der Waals surface area contributed by atoms with E-state index in [1.54, 1.807) is 0 Å². The molecule has 1 saturated carbocycles. The molecule has 0 atom stereocenters. The molecule has 0 amide bonds. The first kappa shape index (κ1) is 20.6. The quantitative estimate of drug-likeness (QED) is 0.403. The van der Waals surface area contributed by atoms with Crippen LogP contribution >= 0.6 is 0 Å². The van der Waals surface area contributed by atoms with Crippen LogP contribution in [0.25, 0.3) is 0 Å². The van der Waals surface area contributed by atoms with Crippen molar-refractivity contribution in [3.63, 3.8) is 0 Å². The van der Waals surface area contributed by atoms with Gasteiger partial charge in [-0.15, -0.1) is 0 Å². The molecule has 26 heavy (non-hydrogen) atoms. The van der Waals surface area contributed by atoms with Gasteiger partial charge < -0.3 is 20.3 Å². The first-order valence-electron chi connectivity index (χ1n) is 10.1. The Balaban J connectivity index is 1.80. The maximum absolute atomic E-state index is 5.79. The predicted octanol–water partition coefficient (Wildman–Crippen LogP) is 3.40. The monoisotopic (exact) mass is 360 g/mol. The van der Waals surface area contributed by atoms with Gasteiger partial charge in [-0.25, -0.2) is 4.99 Å². The summed E-state index contributed by atoms with van der Waals surface area (Å²) in [4.78, 5) is 6.92. The lowest BCUT2D eigenvalue weighted by Gasteiger charge is -2.24. The van der Waals surface area contributed by atoms with Crippen LogP contribution in [0.3, 0.4) is 0 Å². The lowest BCUT2D eigenvalue weighted by atomic mass is 9.96. The van der Waals surface area contributed by atoms with Gasteiger partial charge in [0.1, 0.15) is 5.75 Å². The van der Waals surface area contributed by atoms with Crippen molar-refractivity contribution in [3.05, 3.63) is 29.8 Å². The number of ether oxygens (including phenoxy) is 1. The second-order valence-corrected chi connectivity index (χ2v) is 7.32. The summed E-state index contributed by atoms with van der Waals surface area (Å²) < 4.78 is 5.79. The van der Waals surface area contributed by atoms with Crippen molar-refractivity contribution in [1.29, 1.82) is 0 Å². The van der Waals surface area contributed by atoms with Crippen LogP contribution in [0.5, 0.6) is 5.75 Å². The maximum atomic E-state index is 5.79. The van der Waals surface area contributed by atoms with Crippen molar-refractivity contribution in [1.82, 2.24) is 15.5 Å². The fourth-order valence-electron chi connectivity index (χ4n) is 3.19. The molecule has 0 aliphatic heterocycles. The van der Waals surface area contributed by atoms with E-state index in [2.05, 4.69) is 48.7 Å². The third-order valence-electron chi connectivity index (χ3n) is 4.65. The third kappa shape index (κ3) is 8.09. The van der Waals surface area contributed by atoms with E-state index >= 15 is 0 Å². The number of rotatable bonds is 9. The van der Waals surface area contributed by atoms with Crippen LogP contribution in [-0.2, 0) is 6.54 Å². The molecule has 1 aliphatic rings. The van der Waals surface area contributed by atoms with Crippen LogP contribution in [0.1, 0.15) is 51.0 Å². The third-order valence-corrected chi connectivity index (χ3v) is 4.65. The summed E-state index contributed by atoms with van der Waals surface area (Å²) in [6.07, 6.45) is 7.57. The maximum Gasteiger partial charge on any atom is 0.191 e. The van der Waals surface area contributed by atoms with Gasteiger partial charge in [0, 0.05) is 19.1 Å². The Morgan fingerprint density at radius 1 is 1.15 bits per heavy atom. The topological polar surface area (TPSA) is 48.9 Å². The number of benzene rings is 1. The van der Waals surface area contributed by atoms with E-state index in [1.807, 2.05) is 12.1 Å². The van der Waals surface area contributed by atoms with Gasteiger partial charge in [0.2, 0.25) is 0 Å². The molecule has 2 N–H and O–H groups in total. The summed E-state index contributed by atoms with van der Waals surface area (Å²) in [5.41, 5.74) is 1.20. The SMILES string of the molecule is CCNC(=NCc1ccc(OCCCN(C)C)cc1)NC1CCCCC1. The summed E-state index contributed by atoms with van der Waals surface area (Å²) in [6.45, 7) is 5.49. The van der Waals surface area contributed by atoms with Gasteiger partial charge in [0.15, 0.2) is 5.96 Å². The molecule has 5 nitrogen and oxygen atoms in total. The van der Waals surface area contributed by atoms with Crippen LogP contribution in [0.15, 0.2) is 29.3 Å². The molecule has 0 saturated heterocycles. The van der Waals surface area contributed by atoms with E-state index in [1.165, 1.54) is 37.7 Å². The van der Waals surface area contributed by atoms with Crippen molar-refractivity contribution in [3.8, 4) is 5.75 Å². The molecule has 2 rings (SSSR count). The average molecular weight is 361 g/mol.